The fourth-order valence-electron chi connectivity index (χ4n) is 3.06. The predicted molar refractivity (Wildman–Crippen MR) is 129 cm³/mol. The second-order valence-corrected chi connectivity index (χ2v) is 6.91. The Hall–Kier alpha value is -3.92. The van der Waals surface area contributed by atoms with E-state index >= 15 is 0 Å². The second kappa shape index (κ2) is 10.0. The minimum Gasteiger partial charge on any atom is -0.356 e. The van der Waals surface area contributed by atoms with Crippen molar-refractivity contribution in [1.29, 1.82) is 0 Å². The van der Waals surface area contributed by atoms with E-state index in [9.17, 15) is 0 Å². The lowest BCUT2D eigenvalue weighted by atomic mass is 10.1. The molecule has 0 aliphatic heterocycles. The monoisotopic (exact) mass is 392 g/mol. The molecule has 4 rings (SSSR count). The zero-order valence-electron chi connectivity index (χ0n) is 16.7. The van der Waals surface area contributed by atoms with Gasteiger partial charge in [0.25, 0.3) is 0 Å². The molecule has 1 aliphatic rings. The number of nitrogens with one attached hydrogen (secondary N) is 2. The van der Waals surface area contributed by atoms with Gasteiger partial charge < -0.3 is 10.6 Å². The van der Waals surface area contributed by atoms with Gasteiger partial charge in [-0.15, -0.1) is 0 Å². The highest BCUT2D eigenvalue weighted by Crippen LogP contribution is 2.21. The Morgan fingerprint density at radius 2 is 1.17 bits per heavy atom. The number of hydrogen-bond acceptors (Lipinski definition) is 4. The summed E-state index contributed by atoms with van der Waals surface area (Å²) in [5.41, 5.74) is 6.08. The molecular formula is C26H24N4. The highest BCUT2D eigenvalue weighted by atomic mass is 14.9. The van der Waals surface area contributed by atoms with Crippen LogP contribution in [0.3, 0.4) is 0 Å². The molecule has 3 aromatic carbocycles. The first kappa shape index (κ1) is 19.4. The largest absolute Gasteiger partial charge is 0.356 e. The van der Waals surface area contributed by atoms with Crippen molar-refractivity contribution in [2.24, 2.45) is 9.98 Å². The minimum absolute atomic E-state index is 0.883. The molecule has 4 heteroatoms. The Morgan fingerprint density at radius 1 is 0.600 bits per heavy atom. The second-order valence-electron chi connectivity index (χ2n) is 6.91. The standard InChI is InChI=1S/C26H24N4/c1-3-7-23(8-4-1)29-25-15-11-21(12-16-25)27-19-20-28-22-13-17-26(18-14-22)30-24-9-5-2-6-10-24/h1,3-5,7-20,29-30H,2,6H2. The summed E-state index contributed by atoms with van der Waals surface area (Å²) in [7, 11) is 0. The molecule has 0 amide bonds. The minimum atomic E-state index is 0.883. The summed E-state index contributed by atoms with van der Waals surface area (Å²) in [6, 6.07) is 26.1. The van der Waals surface area contributed by atoms with Crippen LogP contribution in [0.2, 0.25) is 0 Å². The van der Waals surface area contributed by atoms with Gasteiger partial charge in [-0.2, -0.15) is 0 Å². The van der Waals surface area contributed by atoms with Gasteiger partial charge >= 0.3 is 0 Å². The van der Waals surface area contributed by atoms with Crippen molar-refractivity contribution < 1.29 is 0 Å². The molecule has 0 saturated carbocycles. The fraction of sp³-hybridized carbons (Fsp3) is 0.0769. The lowest BCUT2D eigenvalue weighted by molar-refractivity contribution is 1.02. The van der Waals surface area contributed by atoms with Gasteiger partial charge in [0.2, 0.25) is 0 Å². The maximum atomic E-state index is 4.44. The first-order chi connectivity index (χ1) is 14.8. The van der Waals surface area contributed by atoms with Crippen LogP contribution >= 0.6 is 0 Å². The summed E-state index contributed by atoms with van der Waals surface area (Å²) in [6.07, 6.45) is 12.2. The summed E-state index contributed by atoms with van der Waals surface area (Å²) >= 11 is 0. The van der Waals surface area contributed by atoms with Gasteiger partial charge in [0.05, 0.1) is 11.4 Å². The Balaban J connectivity index is 1.29. The topological polar surface area (TPSA) is 48.8 Å². The Labute approximate surface area is 177 Å². The normalized spacial score (nSPS) is 13.5. The summed E-state index contributed by atoms with van der Waals surface area (Å²) in [6.45, 7) is 0. The van der Waals surface area contributed by atoms with E-state index in [1.54, 1.807) is 12.4 Å². The highest BCUT2D eigenvalue weighted by molar-refractivity contribution is 6.17. The molecular weight excluding hydrogens is 368 g/mol. The summed E-state index contributed by atoms with van der Waals surface area (Å²) in [4.78, 5) is 8.87. The average Bonchev–Trinajstić information content (AvgIpc) is 2.80. The van der Waals surface area contributed by atoms with Crippen LogP contribution in [0.5, 0.6) is 0 Å². The van der Waals surface area contributed by atoms with Gasteiger partial charge in [0, 0.05) is 35.2 Å². The van der Waals surface area contributed by atoms with Crippen LogP contribution in [0.25, 0.3) is 0 Å². The molecule has 0 unspecified atom stereocenters. The molecule has 0 aromatic heterocycles. The Bertz CT molecular complexity index is 1060. The fourth-order valence-corrected chi connectivity index (χ4v) is 3.06. The first-order valence-electron chi connectivity index (χ1n) is 10.1. The lowest BCUT2D eigenvalue weighted by Crippen LogP contribution is -1.98. The first-order valence-corrected chi connectivity index (χ1v) is 10.1. The van der Waals surface area contributed by atoms with E-state index < -0.39 is 0 Å². The van der Waals surface area contributed by atoms with E-state index in [2.05, 4.69) is 38.8 Å². The highest BCUT2D eigenvalue weighted by Gasteiger charge is 1.98. The Morgan fingerprint density at radius 3 is 1.73 bits per heavy atom. The van der Waals surface area contributed by atoms with Crippen LogP contribution in [0.4, 0.5) is 28.4 Å². The maximum Gasteiger partial charge on any atom is 0.0631 e. The average molecular weight is 393 g/mol. The SMILES string of the molecule is C1=CC(Nc2ccc(N=CC=Nc3ccc(Nc4ccccc4)cc3)cc2)=CCC1. The van der Waals surface area contributed by atoms with Crippen molar-refractivity contribution in [2.45, 2.75) is 12.8 Å². The van der Waals surface area contributed by atoms with Crippen LogP contribution in [-0.4, -0.2) is 12.4 Å². The molecule has 1 aliphatic carbocycles. The predicted octanol–water partition coefficient (Wildman–Crippen LogP) is 7.18. The molecule has 0 atom stereocenters. The van der Waals surface area contributed by atoms with E-state index in [0.29, 0.717) is 0 Å². The van der Waals surface area contributed by atoms with E-state index in [0.717, 1.165) is 47.0 Å². The zero-order valence-corrected chi connectivity index (χ0v) is 16.7. The van der Waals surface area contributed by atoms with Crippen molar-refractivity contribution in [3.8, 4) is 0 Å². The molecule has 0 heterocycles. The third-order valence-electron chi connectivity index (χ3n) is 4.59. The van der Waals surface area contributed by atoms with Crippen molar-refractivity contribution in [3.05, 3.63) is 103 Å². The summed E-state index contributed by atoms with van der Waals surface area (Å²) in [5, 5.41) is 6.77. The van der Waals surface area contributed by atoms with Crippen LogP contribution in [0, 0.1) is 0 Å². The number of para-hydroxylation sites is 1. The molecule has 0 spiro atoms. The van der Waals surface area contributed by atoms with E-state index in [-0.39, 0.29) is 0 Å². The van der Waals surface area contributed by atoms with Crippen molar-refractivity contribution in [2.75, 3.05) is 10.6 Å². The molecule has 3 aromatic rings. The van der Waals surface area contributed by atoms with Gasteiger partial charge in [0.1, 0.15) is 0 Å². The molecule has 148 valence electrons. The van der Waals surface area contributed by atoms with Crippen LogP contribution in [0.15, 0.2) is 113 Å². The quantitative estimate of drug-likeness (QED) is 0.418. The van der Waals surface area contributed by atoms with Crippen molar-refractivity contribution >= 4 is 40.9 Å². The third kappa shape index (κ3) is 5.79. The molecule has 4 nitrogen and oxygen atoms in total. The van der Waals surface area contributed by atoms with Crippen LogP contribution in [-0.2, 0) is 0 Å². The van der Waals surface area contributed by atoms with Gasteiger partial charge in [-0.3, -0.25) is 9.98 Å². The van der Waals surface area contributed by atoms with Gasteiger partial charge in [-0.05, 0) is 79.6 Å². The number of rotatable bonds is 7. The van der Waals surface area contributed by atoms with Gasteiger partial charge in [-0.1, -0.05) is 30.4 Å². The number of anilines is 3. The maximum absolute atomic E-state index is 4.44. The molecule has 30 heavy (non-hydrogen) atoms. The lowest BCUT2D eigenvalue weighted by Gasteiger charge is -2.10. The van der Waals surface area contributed by atoms with Crippen molar-refractivity contribution in [3.63, 3.8) is 0 Å². The van der Waals surface area contributed by atoms with Crippen LogP contribution < -0.4 is 10.6 Å². The zero-order chi connectivity index (χ0) is 20.4. The number of aliphatic imine (C=N–C) groups is 2. The van der Waals surface area contributed by atoms with Crippen molar-refractivity contribution in [1.82, 2.24) is 0 Å². The molecule has 2 N–H and O–H groups in total. The van der Waals surface area contributed by atoms with E-state index in [4.69, 9.17) is 0 Å². The van der Waals surface area contributed by atoms with Gasteiger partial charge in [0.15, 0.2) is 0 Å². The smallest absolute Gasteiger partial charge is 0.0631 e. The molecule has 0 radical (unpaired) electrons. The van der Waals surface area contributed by atoms with E-state index in [1.165, 1.54) is 0 Å². The number of allylic oxidation sites excluding steroid dienone is 3. The molecule has 0 bridgehead atoms. The molecule has 0 fully saturated rings. The molecule has 0 saturated heterocycles. The number of hydrogen-bond donors (Lipinski definition) is 2. The number of nitrogens with zero attached hydrogens (tertiary/aromatic N) is 2. The van der Waals surface area contributed by atoms with Crippen LogP contribution in [0.1, 0.15) is 12.8 Å². The summed E-state index contributed by atoms with van der Waals surface area (Å²) < 4.78 is 0. The van der Waals surface area contributed by atoms with E-state index in [1.807, 2.05) is 78.9 Å². The number of benzene rings is 3. The third-order valence-corrected chi connectivity index (χ3v) is 4.59. The Kier molecular flexibility index (Phi) is 6.48. The van der Waals surface area contributed by atoms with Gasteiger partial charge in [-0.25, -0.2) is 0 Å². The summed E-state index contributed by atoms with van der Waals surface area (Å²) in [5.74, 6) is 0.